The summed E-state index contributed by atoms with van der Waals surface area (Å²) in [4.78, 5) is 0. The van der Waals surface area contributed by atoms with E-state index in [2.05, 4.69) is 6.20 Å². The van der Waals surface area contributed by atoms with Crippen LogP contribution in [0.15, 0.2) is 0 Å². The predicted molar refractivity (Wildman–Crippen MR) is 8.54 cm³/mol. The number of rotatable bonds is 0. The molecule has 6 heavy (non-hydrogen) atoms. The van der Waals surface area contributed by atoms with E-state index in [9.17, 15) is 0 Å². The van der Waals surface area contributed by atoms with Crippen molar-refractivity contribution in [2.45, 2.75) is 0 Å². The van der Waals surface area contributed by atoms with Gasteiger partial charge in [0.2, 0.25) is 0 Å². The maximum atomic E-state index is 2.06. The fraction of sp³-hybridized carbons (Fsp3) is 0. The van der Waals surface area contributed by atoms with Gasteiger partial charge in [-0.2, -0.15) is 0 Å². The second kappa shape index (κ2) is 44.0. The van der Waals surface area contributed by atoms with Gasteiger partial charge in [-0.25, -0.2) is 0 Å². The molecule has 0 N–H and O–H groups in total. The second-order valence-corrected chi connectivity index (χ2v) is 0. The Morgan fingerprint density at radius 1 is 1.00 bits per heavy atom. The van der Waals surface area contributed by atoms with Crippen LogP contribution in [0.2, 0.25) is 0 Å². The van der Waals surface area contributed by atoms with Gasteiger partial charge in [0.05, 0.1) is 0 Å². The maximum absolute atomic E-state index is 2.06. The van der Waals surface area contributed by atoms with Crippen molar-refractivity contribution in [3.8, 4) is 0 Å². The van der Waals surface area contributed by atoms with Crippen molar-refractivity contribution < 1.29 is 91.0 Å². The minimum Gasteiger partial charge on any atom is 0 e. The molecule has 0 aliphatic heterocycles. The minimum absolute atomic E-state index is 0. The van der Waals surface area contributed by atoms with E-state index in [-0.39, 0.29) is 72.0 Å². The van der Waals surface area contributed by atoms with E-state index < -0.39 is 0 Å². The Bertz CT molecular complexity index is 13.5. The van der Waals surface area contributed by atoms with Crippen LogP contribution in [0.4, 0.5) is 0 Å². The molecule has 2 radical (unpaired) electrons. The zero-order valence-electron chi connectivity index (χ0n) is 2.77. The first-order valence-electron chi connectivity index (χ1n) is 0.378. The molecule has 0 fully saturated rings. The van der Waals surface area contributed by atoms with E-state index in [1.54, 1.807) is 19.0 Å². The Kier molecular flexibility index (Phi) is 265. The van der Waals surface area contributed by atoms with Crippen LogP contribution in [-0.4, -0.2) is 6.20 Å². The molecule has 46 valence electrons. The van der Waals surface area contributed by atoms with Crippen LogP contribution in [0.5, 0.6) is 0 Å². The predicted octanol–water partition coefficient (Wildman–Crippen LogP) is -0.929. The summed E-state index contributed by atoms with van der Waals surface area (Å²) in [6, 6.07) is 0. The smallest absolute Gasteiger partial charge is 0 e. The van der Waals surface area contributed by atoms with Crippen molar-refractivity contribution in [1.29, 1.82) is 0 Å². The molecule has 0 amide bonds. The van der Waals surface area contributed by atoms with Crippen LogP contribution in [0.1, 0.15) is 0 Å². The molecule has 0 aromatic carbocycles. The van der Waals surface area contributed by atoms with Crippen molar-refractivity contribution >= 4 is 6.20 Å². The summed E-state index contributed by atoms with van der Waals surface area (Å²) in [7, 11) is 0. The standard InChI is InChI=1S/BH2.2Co.Cr.Pt.Re/h1H2;;;;;/q+1;;;;;-1. The van der Waals surface area contributed by atoms with Gasteiger partial charge in [-0.1, -0.05) is 0 Å². The Balaban J connectivity index is -0.000000000833. The van der Waals surface area contributed by atoms with E-state index in [0.29, 0.717) is 0 Å². The summed E-state index contributed by atoms with van der Waals surface area (Å²) in [5.41, 5.74) is 0. The third-order valence-electron chi connectivity index (χ3n) is 0. The van der Waals surface area contributed by atoms with Crippen LogP contribution < -0.4 is 0 Å². The molecule has 0 aliphatic rings. The van der Waals surface area contributed by atoms with E-state index in [1.165, 1.54) is 0 Å². The van der Waals surface area contributed by atoms with Gasteiger partial charge >= 0.3 is 25.2 Å². The van der Waals surface area contributed by atoms with Crippen LogP contribution in [0.3, 0.4) is 0 Å². The molecule has 6 heteroatoms. The number of hydrogen-bond acceptors (Lipinski definition) is 0. The van der Waals surface area contributed by atoms with Gasteiger partial charge in [-0.15, -0.1) is 0 Å². The van der Waals surface area contributed by atoms with E-state index in [4.69, 9.17) is 0 Å². The van der Waals surface area contributed by atoms with Gasteiger partial charge in [0.15, 0.2) is 0 Å². The SMILES string of the molecule is [BH2][Re].[Co].[Co].[Cr].[Pt]. The van der Waals surface area contributed by atoms with Gasteiger partial charge in [-0.05, 0) is 0 Å². The van der Waals surface area contributed by atoms with E-state index in [1.807, 2.05) is 0 Å². The topological polar surface area (TPSA) is 0 Å². The monoisotopic (exact) mass is 565 g/mol. The zero-order valence-corrected chi connectivity index (χ0v) is 11.1. The van der Waals surface area contributed by atoms with Crippen molar-refractivity contribution in [3.63, 3.8) is 0 Å². The van der Waals surface area contributed by atoms with Gasteiger partial charge in [0.25, 0.3) is 0 Å². The quantitative estimate of drug-likeness (QED) is 0.334. The van der Waals surface area contributed by atoms with Crippen molar-refractivity contribution in [3.05, 3.63) is 0 Å². The summed E-state index contributed by atoms with van der Waals surface area (Å²) < 4.78 is 0. The molecule has 0 spiro atoms. The third-order valence-corrected chi connectivity index (χ3v) is 0. The molecule has 0 aliphatic carbocycles. The molecule has 0 unspecified atom stereocenters. The average molecular weight is 564 g/mol. The average Bonchev–Trinajstić information content (AvgIpc) is 1.00. The molecular formula is H2BCo2CrPtRe. The summed E-state index contributed by atoms with van der Waals surface area (Å²) in [5, 5.41) is 0. The summed E-state index contributed by atoms with van der Waals surface area (Å²) in [6.45, 7) is 0. The third kappa shape index (κ3) is 28.2. The van der Waals surface area contributed by atoms with Crippen LogP contribution in [0, 0.1) is 0 Å². The van der Waals surface area contributed by atoms with Crippen molar-refractivity contribution in [2.24, 2.45) is 0 Å². The first-order chi connectivity index (χ1) is 1.00. The Labute approximate surface area is 95.7 Å². The summed E-state index contributed by atoms with van der Waals surface area (Å²) in [5.74, 6) is 0. The fourth-order valence-electron chi connectivity index (χ4n) is 0. The fourth-order valence-corrected chi connectivity index (χ4v) is 0. The van der Waals surface area contributed by atoms with Crippen molar-refractivity contribution in [1.82, 2.24) is 0 Å². The summed E-state index contributed by atoms with van der Waals surface area (Å²) >= 11 is 1.72. The maximum Gasteiger partial charge on any atom is 0 e. The molecule has 0 saturated heterocycles. The minimum atomic E-state index is 0. The molecule has 0 atom stereocenters. The Morgan fingerprint density at radius 3 is 1.00 bits per heavy atom. The summed E-state index contributed by atoms with van der Waals surface area (Å²) in [6.07, 6.45) is 2.06. The molecule has 0 aromatic heterocycles. The molecule has 0 rings (SSSR count). The Morgan fingerprint density at radius 2 is 1.00 bits per heavy atom. The van der Waals surface area contributed by atoms with Crippen molar-refractivity contribution in [2.75, 3.05) is 0 Å². The van der Waals surface area contributed by atoms with Crippen LogP contribution in [0.25, 0.3) is 0 Å². The van der Waals surface area contributed by atoms with Gasteiger partial charge in [-0.3, -0.25) is 0 Å². The molecule has 0 saturated carbocycles. The molecule has 0 bridgehead atoms. The van der Waals surface area contributed by atoms with Gasteiger partial charge in [0.1, 0.15) is 0 Å². The first-order valence-corrected chi connectivity index (χ1v) is 3.09. The molecule has 0 heterocycles. The first kappa shape index (κ1) is 36.2. The Hall–Kier alpha value is 2.96. The largest absolute Gasteiger partial charge is 0 e. The zero-order chi connectivity index (χ0) is 2.00. The van der Waals surface area contributed by atoms with E-state index >= 15 is 0 Å². The van der Waals surface area contributed by atoms with Gasteiger partial charge in [0, 0.05) is 72.0 Å². The van der Waals surface area contributed by atoms with Crippen LogP contribution >= 0.6 is 0 Å². The molecule has 0 nitrogen and oxygen atoms in total. The molecule has 0 aromatic rings. The molecular weight excluding hydrogens is 562 g/mol. The van der Waals surface area contributed by atoms with Gasteiger partial charge < -0.3 is 0 Å². The second-order valence-electron chi connectivity index (χ2n) is 0. The van der Waals surface area contributed by atoms with Crippen LogP contribution in [-0.2, 0) is 91.0 Å². The normalized spacial score (nSPS) is 0.833. The number of hydrogen-bond donors (Lipinski definition) is 0. The van der Waals surface area contributed by atoms with E-state index in [0.717, 1.165) is 0 Å².